The molecule has 0 spiro atoms. The van der Waals surface area contributed by atoms with E-state index in [4.69, 9.17) is 0 Å². The van der Waals surface area contributed by atoms with Crippen LogP contribution in [0.1, 0.15) is 24.8 Å². The van der Waals surface area contributed by atoms with Gasteiger partial charge in [-0.3, -0.25) is 0 Å². The number of piperidine rings is 1. The number of halogens is 1. The SMILES string of the molecule is OC[C@]1(CCc2ccccc2)CCCN(c2ncccc2F)C1. The van der Waals surface area contributed by atoms with E-state index in [2.05, 4.69) is 17.1 Å². The minimum absolute atomic E-state index is 0.130. The highest BCUT2D eigenvalue weighted by Gasteiger charge is 2.35. The zero-order valence-corrected chi connectivity index (χ0v) is 13.3. The zero-order chi connectivity index (χ0) is 16.1. The third kappa shape index (κ3) is 3.70. The van der Waals surface area contributed by atoms with E-state index in [1.54, 1.807) is 12.3 Å². The van der Waals surface area contributed by atoms with Crippen LogP contribution >= 0.6 is 0 Å². The Labute approximate surface area is 136 Å². The second-order valence-electron chi connectivity index (χ2n) is 6.48. The molecule has 4 heteroatoms. The van der Waals surface area contributed by atoms with E-state index in [1.165, 1.54) is 11.6 Å². The summed E-state index contributed by atoms with van der Waals surface area (Å²) >= 11 is 0. The van der Waals surface area contributed by atoms with Gasteiger partial charge in [-0.2, -0.15) is 0 Å². The Kier molecular flexibility index (Phi) is 4.91. The molecule has 2 aromatic rings. The van der Waals surface area contributed by atoms with Gasteiger partial charge in [0.1, 0.15) is 0 Å². The number of nitrogens with zero attached hydrogens (tertiary/aromatic N) is 2. The van der Waals surface area contributed by atoms with E-state index in [0.29, 0.717) is 12.4 Å². The first-order chi connectivity index (χ1) is 11.2. The van der Waals surface area contributed by atoms with Gasteiger partial charge in [-0.05, 0) is 43.4 Å². The molecule has 122 valence electrons. The van der Waals surface area contributed by atoms with Crippen LogP contribution in [0.3, 0.4) is 0 Å². The molecule has 3 nitrogen and oxygen atoms in total. The second-order valence-corrected chi connectivity index (χ2v) is 6.48. The molecule has 1 fully saturated rings. The van der Waals surface area contributed by atoms with Crippen LogP contribution in [0.15, 0.2) is 48.7 Å². The average molecular weight is 314 g/mol. The summed E-state index contributed by atoms with van der Waals surface area (Å²) < 4.78 is 14.0. The third-order valence-corrected chi connectivity index (χ3v) is 4.82. The molecule has 1 saturated heterocycles. The number of aryl methyl sites for hydroxylation is 1. The van der Waals surface area contributed by atoms with Gasteiger partial charge < -0.3 is 10.0 Å². The van der Waals surface area contributed by atoms with E-state index >= 15 is 0 Å². The smallest absolute Gasteiger partial charge is 0.165 e. The summed E-state index contributed by atoms with van der Waals surface area (Å²) in [6, 6.07) is 13.4. The normalized spacial score (nSPS) is 21.4. The number of rotatable bonds is 5. The molecule has 1 aliphatic heterocycles. The van der Waals surface area contributed by atoms with Crippen molar-refractivity contribution in [1.29, 1.82) is 0 Å². The molecule has 0 radical (unpaired) electrons. The number of anilines is 1. The van der Waals surface area contributed by atoms with E-state index in [0.717, 1.165) is 32.2 Å². The van der Waals surface area contributed by atoms with Crippen molar-refractivity contribution in [2.75, 3.05) is 24.6 Å². The topological polar surface area (TPSA) is 36.4 Å². The fourth-order valence-electron chi connectivity index (χ4n) is 3.47. The minimum atomic E-state index is -0.288. The van der Waals surface area contributed by atoms with Crippen LogP contribution in [-0.2, 0) is 6.42 Å². The second kappa shape index (κ2) is 7.09. The Morgan fingerprint density at radius 3 is 2.74 bits per heavy atom. The van der Waals surface area contributed by atoms with E-state index < -0.39 is 0 Å². The fraction of sp³-hybridized carbons (Fsp3) is 0.421. The largest absolute Gasteiger partial charge is 0.396 e. The van der Waals surface area contributed by atoms with Crippen molar-refractivity contribution in [3.63, 3.8) is 0 Å². The maximum absolute atomic E-state index is 14.0. The van der Waals surface area contributed by atoms with Gasteiger partial charge in [-0.25, -0.2) is 9.37 Å². The van der Waals surface area contributed by atoms with Crippen molar-refractivity contribution in [2.45, 2.75) is 25.7 Å². The number of hydrogen-bond acceptors (Lipinski definition) is 3. The van der Waals surface area contributed by atoms with Crippen LogP contribution in [0.2, 0.25) is 0 Å². The molecule has 1 aromatic heterocycles. The number of aromatic nitrogens is 1. The van der Waals surface area contributed by atoms with E-state index in [-0.39, 0.29) is 17.8 Å². The predicted octanol–water partition coefficient (Wildman–Crippen LogP) is 3.43. The summed E-state index contributed by atoms with van der Waals surface area (Å²) in [5.41, 5.74) is 1.10. The fourth-order valence-corrected chi connectivity index (χ4v) is 3.47. The highest BCUT2D eigenvalue weighted by molar-refractivity contribution is 5.40. The molecule has 1 N–H and O–H groups in total. The number of aliphatic hydroxyl groups excluding tert-OH is 1. The van der Waals surface area contributed by atoms with Crippen molar-refractivity contribution in [3.8, 4) is 0 Å². The molecule has 1 aromatic carbocycles. The summed E-state index contributed by atoms with van der Waals surface area (Å²) in [6.07, 6.45) is 5.38. The molecule has 0 bridgehead atoms. The quantitative estimate of drug-likeness (QED) is 0.918. The van der Waals surface area contributed by atoms with Gasteiger partial charge in [0.2, 0.25) is 0 Å². The first-order valence-electron chi connectivity index (χ1n) is 8.23. The van der Waals surface area contributed by atoms with Crippen LogP contribution in [0.25, 0.3) is 0 Å². The van der Waals surface area contributed by atoms with Gasteiger partial charge in [-0.15, -0.1) is 0 Å². The van der Waals surface area contributed by atoms with Gasteiger partial charge in [0, 0.05) is 24.7 Å². The van der Waals surface area contributed by atoms with Crippen LogP contribution in [0.4, 0.5) is 10.2 Å². The van der Waals surface area contributed by atoms with E-state index in [1.807, 2.05) is 23.1 Å². The molecule has 0 aliphatic carbocycles. The Morgan fingerprint density at radius 1 is 1.17 bits per heavy atom. The molecular weight excluding hydrogens is 291 g/mol. The lowest BCUT2D eigenvalue weighted by Gasteiger charge is -2.42. The summed E-state index contributed by atoms with van der Waals surface area (Å²) in [5.74, 6) is 0.119. The number of aliphatic hydroxyl groups is 1. The molecule has 0 unspecified atom stereocenters. The number of benzene rings is 1. The van der Waals surface area contributed by atoms with Crippen molar-refractivity contribution in [1.82, 2.24) is 4.98 Å². The zero-order valence-electron chi connectivity index (χ0n) is 13.3. The lowest BCUT2D eigenvalue weighted by molar-refractivity contribution is 0.0960. The maximum Gasteiger partial charge on any atom is 0.165 e. The summed E-state index contributed by atoms with van der Waals surface area (Å²) in [7, 11) is 0. The first-order valence-corrected chi connectivity index (χ1v) is 8.23. The molecule has 1 atom stereocenters. The van der Waals surface area contributed by atoms with Gasteiger partial charge in [0.25, 0.3) is 0 Å². The predicted molar refractivity (Wildman–Crippen MR) is 89.9 cm³/mol. The average Bonchev–Trinajstić information content (AvgIpc) is 2.61. The maximum atomic E-state index is 14.0. The van der Waals surface area contributed by atoms with Gasteiger partial charge in [-0.1, -0.05) is 30.3 Å². The van der Waals surface area contributed by atoms with Crippen LogP contribution < -0.4 is 4.90 Å². The molecule has 0 saturated carbocycles. The number of hydrogen-bond donors (Lipinski definition) is 1. The minimum Gasteiger partial charge on any atom is -0.396 e. The van der Waals surface area contributed by atoms with Crippen LogP contribution in [-0.4, -0.2) is 29.8 Å². The Morgan fingerprint density at radius 2 is 2.00 bits per heavy atom. The standard InChI is InChI=1S/C19H23FN2O/c20-17-8-4-12-21-18(17)22-13-5-10-19(14-22,15-23)11-9-16-6-2-1-3-7-16/h1-4,6-8,12,23H,5,9-11,13-15H2/t19-/m0/s1. The Bertz CT molecular complexity index is 634. The Balaban J connectivity index is 1.72. The first kappa shape index (κ1) is 15.9. The molecule has 1 aliphatic rings. The lowest BCUT2D eigenvalue weighted by atomic mass is 9.76. The molecular formula is C19H23FN2O. The molecule has 3 rings (SSSR count). The van der Waals surface area contributed by atoms with Gasteiger partial charge in [0.15, 0.2) is 11.6 Å². The van der Waals surface area contributed by atoms with E-state index in [9.17, 15) is 9.50 Å². The molecule has 2 heterocycles. The summed E-state index contributed by atoms with van der Waals surface area (Å²) in [6.45, 7) is 1.58. The summed E-state index contributed by atoms with van der Waals surface area (Å²) in [4.78, 5) is 6.18. The molecule has 23 heavy (non-hydrogen) atoms. The van der Waals surface area contributed by atoms with Gasteiger partial charge in [0.05, 0.1) is 6.61 Å². The van der Waals surface area contributed by atoms with Gasteiger partial charge >= 0.3 is 0 Å². The van der Waals surface area contributed by atoms with Crippen molar-refractivity contribution < 1.29 is 9.50 Å². The third-order valence-electron chi connectivity index (χ3n) is 4.82. The Hall–Kier alpha value is -1.94. The van der Waals surface area contributed by atoms with Crippen LogP contribution in [0, 0.1) is 11.2 Å². The summed E-state index contributed by atoms with van der Waals surface area (Å²) in [5, 5.41) is 10.0. The highest BCUT2D eigenvalue weighted by atomic mass is 19.1. The number of pyridine rings is 1. The monoisotopic (exact) mass is 314 g/mol. The van der Waals surface area contributed by atoms with Crippen molar-refractivity contribution in [2.24, 2.45) is 5.41 Å². The lowest BCUT2D eigenvalue weighted by Crippen LogP contribution is -2.46. The van der Waals surface area contributed by atoms with Crippen molar-refractivity contribution in [3.05, 3.63) is 60.0 Å². The van der Waals surface area contributed by atoms with Crippen LogP contribution in [0.5, 0.6) is 0 Å². The molecule has 0 amide bonds. The van der Waals surface area contributed by atoms with Crippen molar-refractivity contribution >= 4 is 5.82 Å². The highest BCUT2D eigenvalue weighted by Crippen LogP contribution is 2.36.